The van der Waals surface area contributed by atoms with Gasteiger partial charge in [-0.25, -0.2) is 9.07 Å². The van der Waals surface area contributed by atoms with Gasteiger partial charge in [-0.2, -0.15) is 5.10 Å². The number of hydrogen-bond donors (Lipinski definition) is 1. The maximum Gasteiger partial charge on any atom is 0.245 e. The van der Waals surface area contributed by atoms with Crippen molar-refractivity contribution in [2.45, 2.75) is 41.0 Å². The molecule has 7 heteroatoms. The Labute approximate surface area is 200 Å². The summed E-state index contributed by atoms with van der Waals surface area (Å²) in [5.74, 6) is -0.0417. The zero-order valence-electron chi connectivity index (χ0n) is 20.5. The summed E-state index contributed by atoms with van der Waals surface area (Å²) in [6.07, 6.45) is 0.360. The first kappa shape index (κ1) is 25.1. The summed E-state index contributed by atoms with van der Waals surface area (Å²) in [6.45, 7) is 10.5. The highest BCUT2D eigenvalue weighted by Crippen LogP contribution is 2.25. The molecule has 1 N–H and O–H groups in total. The third kappa shape index (κ3) is 7.01. The molecule has 3 aromatic rings. The lowest BCUT2D eigenvalue weighted by Crippen LogP contribution is -2.41. The third-order valence-corrected chi connectivity index (χ3v) is 5.07. The largest absolute Gasteiger partial charge is 0.333 e. The van der Waals surface area contributed by atoms with Crippen molar-refractivity contribution in [2.24, 2.45) is 11.3 Å². The first-order valence-electron chi connectivity index (χ1n) is 11.5. The second-order valence-electron chi connectivity index (χ2n) is 10.1. The van der Waals surface area contributed by atoms with Crippen LogP contribution >= 0.6 is 0 Å². The molecule has 0 fully saturated rings. The number of benzene rings is 2. The summed E-state index contributed by atoms with van der Waals surface area (Å²) in [5.41, 5.74) is 2.00. The number of carbonyl (C=O) groups excluding carboxylic acids is 2. The number of amides is 2. The monoisotopic (exact) mass is 464 g/mol. The molecule has 0 aliphatic heterocycles. The molecular weight excluding hydrogens is 431 g/mol. The minimum absolute atomic E-state index is 0.0478. The summed E-state index contributed by atoms with van der Waals surface area (Å²) in [4.78, 5) is 27.5. The van der Waals surface area contributed by atoms with Crippen molar-refractivity contribution in [2.75, 3.05) is 18.4 Å². The first-order valence-corrected chi connectivity index (χ1v) is 11.5. The van der Waals surface area contributed by atoms with E-state index in [9.17, 15) is 14.0 Å². The standard InChI is InChI=1S/C27H33FN4O2/c1-19(2)17-31(26(34)16-27(3,4)5)18-25(33)29-24-15-23(20-9-7-6-8-10-20)30-32(24)22-13-11-21(28)12-14-22/h6-15,19H,16-18H2,1-5H3,(H,29,33). The molecule has 1 aromatic heterocycles. The Morgan fingerprint density at radius 1 is 1.06 bits per heavy atom. The molecule has 3 rings (SSSR count). The van der Waals surface area contributed by atoms with E-state index in [1.807, 2.05) is 65.0 Å². The molecule has 0 atom stereocenters. The summed E-state index contributed by atoms with van der Waals surface area (Å²) in [7, 11) is 0. The van der Waals surface area contributed by atoms with Gasteiger partial charge in [0.25, 0.3) is 0 Å². The van der Waals surface area contributed by atoms with E-state index in [4.69, 9.17) is 0 Å². The van der Waals surface area contributed by atoms with E-state index in [1.54, 1.807) is 27.8 Å². The Bertz CT molecular complexity index is 1120. The normalized spacial score (nSPS) is 11.5. The van der Waals surface area contributed by atoms with Gasteiger partial charge in [0, 0.05) is 24.6 Å². The number of anilines is 1. The van der Waals surface area contributed by atoms with E-state index < -0.39 is 0 Å². The number of rotatable bonds is 8. The van der Waals surface area contributed by atoms with Crippen molar-refractivity contribution < 1.29 is 14.0 Å². The summed E-state index contributed by atoms with van der Waals surface area (Å²) < 4.78 is 15.1. The van der Waals surface area contributed by atoms with Crippen molar-refractivity contribution in [3.05, 3.63) is 66.5 Å². The molecule has 2 amide bonds. The molecular formula is C27H33FN4O2. The van der Waals surface area contributed by atoms with Gasteiger partial charge in [-0.05, 0) is 35.6 Å². The van der Waals surface area contributed by atoms with E-state index >= 15 is 0 Å². The van der Waals surface area contributed by atoms with E-state index in [0.29, 0.717) is 30.2 Å². The van der Waals surface area contributed by atoms with Crippen LogP contribution in [-0.4, -0.2) is 39.6 Å². The van der Waals surface area contributed by atoms with Gasteiger partial charge in [0.05, 0.1) is 17.9 Å². The van der Waals surface area contributed by atoms with E-state index in [1.165, 1.54) is 12.1 Å². The Kier molecular flexibility index (Phi) is 7.87. The van der Waals surface area contributed by atoms with E-state index in [2.05, 4.69) is 10.4 Å². The van der Waals surface area contributed by atoms with Gasteiger partial charge in [-0.15, -0.1) is 0 Å². The van der Waals surface area contributed by atoms with Crippen molar-refractivity contribution in [1.82, 2.24) is 14.7 Å². The quantitative estimate of drug-likeness (QED) is 0.476. The molecule has 0 saturated carbocycles. The van der Waals surface area contributed by atoms with Crippen LogP contribution in [0.3, 0.4) is 0 Å². The van der Waals surface area contributed by atoms with Gasteiger partial charge >= 0.3 is 0 Å². The average molecular weight is 465 g/mol. The molecule has 1 heterocycles. The van der Waals surface area contributed by atoms with Crippen LogP contribution in [0.4, 0.5) is 10.2 Å². The van der Waals surface area contributed by atoms with Crippen LogP contribution in [0.5, 0.6) is 0 Å². The molecule has 34 heavy (non-hydrogen) atoms. The molecule has 0 saturated heterocycles. The van der Waals surface area contributed by atoms with Crippen molar-refractivity contribution in [3.63, 3.8) is 0 Å². The predicted molar refractivity (Wildman–Crippen MR) is 133 cm³/mol. The van der Waals surface area contributed by atoms with Crippen LogP contribution in [0, 0.1) is 17.2 Å². The van der Waals surface area contributed by atoms with Crippen LogP contribution < -0.4 is 5.32 Å². The molecule has 0 aliphatic rings. The number of aromatic nitrogens is 2. The van der Waals surface area contributed by atoms with Gasteiger partial charge < -0.3 is 10.2 Å². The first-order chi connectivity index (χ1) is 16.0. The lowest BCUT2D eigenvalue weighted by Gasteiger charge is -2.27. The average Bonchev–Trinajstić information content (AvgIpc) is 3.16. The number of nitrogens with zero attached hydrogens (tertiary/aromatic N) is 3. The number of hydrogen-bond acceptors (Lipinski definition) is 3. The zero-order chi connectivity index (χ0) is 24.9. The van der Waals surface area contributed by atoms with E-state index in [-0.39, 0.29) is 35.5 Å². The van der Waals surface area contributed by atoms with Gasteiger partial charge in [0.15, 0.2) is 0 Å². The lowest BCUT2D eigenvalue weighted by molar-refractivity contribution is -0.136. The van der Waals surface area contributed by atoms with Crippen LogP contribution in [0.1, 0.15) is 41.0 Å². The van der Waals surface area contributed by atoms with Gasteiger partial charge in [-0.1, -0.05) is 65.0 Å². The molecule has 0 unspecified atom stereocenters. The topological polar surface area (TPSA) is 67.2 Å². The third-order valence-electron chi connectivity index (χ3n) is 5.07. The highest BCUT2D eigenvalue weighted by atomic mass is 19.1. The minimum atomic E-state index is -0.355. The SMILES string of the molecule is CC(C)CN(CC(=O)Nc1cc(-c2ccccc2)nn1-c1ccc(F)cc1)C(=O)CC(C)(C)C. The molecule has 6 nitrogen and oxygen atoms in total. The Morgan fingerprint density at radius 3 is 2.29 bits per heavy atom. The van der Waals surface area contributed by atoms with Crippen molar-refractivity contribution >= 4 is 17.6 Å². The second kappa shape index (κ2) is 10.6. The van der Waals surface area contributed by atoms with Crippen molar-refractivity contribution in [3.8, 4) is 16.9 Å². The Hall–Kier alpha value is -3.48. The molecule has 0 bridgehead atoms. The summed E-state index contributed by atoms with van der Waals surface area (Å²) in [6, 6.07) is 17.3. The number of carbonyl (C=O) groups is 2. The molecule has 2 aromatic carbocycles. The summed E-state index contributed by atoms with van der Waals surface area (Å²) >= 11 is 0. The minimum Gasteiger partial charge on any atom is -0.333 e. The maximum absolute atomic E-state index is 13.5. The highest BCUT2D eigenvalue weighted by molar-refractivity contribution is 5.94. The fourth-order valence-electron chi connectivity index (χ4n) is 3.62. The molecule has 0 spiro atoms. The highest BCUT2D eigenvalue weighted by Gasteiger charge is 2.24. The maximum atomic E-state index is 13.5. The van der Waals surface area contributed by atoms with Crippen LogP contribution in [-0.2, 0) is 9.59 Å². The summed E-state index contributed by atoms with van der Waals surface area (Å²) in [5, 5.41) is 7.55. The second-order valence-corrected chi connectivity index (χ2v) is 10.1. The Balaban J connectivity index is 1.87. The predicted octanol–water partition coefficient (Wildman–Crippen LogP) is 5.54. The van der Waals surface area contributed by atoms with Crippen molar-refractivity contribution in [1.29, 1.82) is 0 Å². The fourth-order valence-corrected chi connectivity index (χ4v) is 3.62. The van der Waals surface area contributed by atoms with Crippen LogP contribution in [0.25, 0.3) is 16.9 Å². The van der Waals surface area contributed by atoms with Gasteiger partial charge in [0.1, 0.15) is 11.6 Å². The van der Waals surface area contributed by atoms with E-state index in [0.717, 1.165) is 5.56 Å². The van der Waals surface area contributed by atoms with Crippen LogP contribution in [0.2, 0.25) is 0 Å². The molecule has 0 radical (unpaired) electrons. The number of nitrogens with one attached hydrogen (secondary N) is 1. The smallest absolute Gasteiger partial charge is 0.245 e. The Morgan fingerprint density at radius 2 is 1.71 bits per heavy atom. The van der Waals surface area contributed by atoms with Gasteiger partial charge in [0.2, 0.25) is 11.8 Å². The van der Waals surface area contributed by atoms with Crippen LogP contribution in [0.15, 0.2) is 60.7 Å². The fraction of sp³-hybridized carbons (Fsp3) is 0.370. The molecule has 180 valence electrons. The lowest BCUT2D eigenvalue weighted by atomic mass is 9.91. The number of halogens is 1. The molecule has 0 aliphatic carbocycles. The van der Waals surface area contributed by atoms with Gasteiger partial charge in [-0.3, -0.25) is 9.59 Å². The zero-order valence-corrected chi connectivity index (χ0v) is 20.5.